The van der Waals surface area contributed by atoms with Gasteiger partial charge in [0.1, 0.15) is 0 Å². The molecular weight excluding hydrogens is 252 g/mol. The third-order valence-corrected chi connectivity index (χ3v) is 4.59. The second kappa shape index (κ2) is 7.99. The van der Waals surface area contributed by atoms with Crippen LogP contribution in [0.5, 0.6) is 0 Å². The third kappa shape index (κ3) is 4.45. The van der Waals surface area contributed by atoms with Crippen molar-refractivity contribution in [2.75, 3.05) is 19.7 Å². The molecule has 1 atom stereocenters. The molecule has 1 unspecified atom stereocenters. The number of piperidine rings is 1. The molecule has 2 fully saturated rings. The van der Waals surface area contributed by atoms with E-state index in [0.29, 0.717) is 6.54 Å². The number of rotatable bonds is 6. The smallest absolute Gasteiger partial charge is 0.237 e. The SMILES string of the molecule is CCCOC1(CNC(=O)C2CCCCN2)CCCCC1. The third-order valence-electron chi connectivity index (χ3n) is 4.59. The van der Waals surface area contributed by atoms with Crippen molar-refractivity contribution < 1.29 is 9.53 Å². The summed E-state index contributed by atoms with van der Waals surface area (Å²) in [5.41, 5.74) is -0.0986. The van der Waals surface area contributed by atoms with Gasteiger partial charge in [0.2, 0.25) is 5.91 Å². The highest BCUT2D eigenvalue weighted by atomic mass is 16.5. The molecule has 1 heterocycles. The summed E-state index contributed by atoms with van der Waals surface area (Å²) in [5.74, 6) is 0.162. The van der Waals surface area contributed by atoms with Crippen molar-refractivity contribution in [3.8, 4) is 0 Å². The first-order valence-electron chi connectivity index (χ1n) is 8.41. The van der Waals surface area contributed by atoms with Crippen molar-refractivity contribution in [2.24, 2.45) is 0 Å². The van der Waals surface area contributed by atoms with E-state index in [1.54, 1.807) is 0 Å². The quantitative estimate of drug-likeness (QED) is 0.786. The molecule has 1 saturated heterocycles. The molecule has 2 rings (SSSR count). The molecule has 0 bridgehead atoms. The van der Waals surface area contributed by atoms with Gasteiger partial charge in [-0.25, -0.2) is 0 Å². The van der Waals surface area contributed by atoms with Crippen molar-refractivity contribution in [3.05, 3.63) is 0 Å². The fourth-order valence-corrected chi connectivity index (χ4v) is 3.33. The first-order chi connectivity index (χ1) is 9.76. The van der Waals surface area contributed by atoms with E-state index < -0.39 is 0 Å². The van der Waals surface area contributed by atoms with Crippen molar-refractivity contribution in [3.63, 3.8) is 0 Å². The first-order valence-corrected chi connectivity index (χ1v) is 8.41. The number of hydrogen-bond acceptors (Lipinski definition) is 3. The average Bonchev–Trinajstić information content (AvgIpc) is 2.52. The maximum Gasteiger partial charge on any atom is 0.237 e. The van der Waals surface area contributed by atoms with Crippen LogP contribution < -0.4 is 10.6 Å². The molecule has 1 aliphatic heterocycles. The molecule has 4 nitrogen and oxygen atoms in total. The summed E-state index contributed by atoms with van der Waals surface area (Å²) >= 11 is 0. The molecular formula is C16H30N2O2. The minimum atomic E-state index is -0.0986. The topological polar surface area (TPSA) is 50.4 Å². The van der Waals surface area contributed by atoms with Crippen LogP contribution in [0.25, 0.3) is 0 Å². The number of carbonyl (C=O) groups is 1. The van der Waals surface area contributed by atoms with Gasteiger partial charge in [0.25, 0.3) is 0 Å². The average molecular weight is 282 g/mol. The van der Waals surface area contributed by atoms with Crippen LogP contribution >= 0.6 is 0 Å². The highest BCUT2D eigenvalue weighted by molar-refractivity contribution is 5.81. The summed E-state index contributed by atoms with van der Waals surface area (Å²) in [6, 6.07) is 0.00978. The van der Waals surface area contributed by atoms with E-state index in [1.165, 1.54) is 25.7 Å². The van der Waals surface area contributed by atoms with Gasteiger partial charge in [-0.2, -0.15) is 0 Å². The second-order valence-corrected chi connectivity index (χ2v) is 6.31. The van der Waals surface area contributed by atoms with Gasteiger partial charge in [-0.3, -0.25) is 4.79 Å². The van der Waals surface area contributed by atoms with Crippen LogP contribution in [0.2, 0.25) is 0 Å². The van der Waals surface area contributed by atoms with E-state index >= 15 is 0 Å². The van der Waals surface area contributed by atoms with Crippen molar-refractivity contribution in [2.45, 2.75) is 76.4 Å². The van der Waals surface area contributed by atoms with E-state index in [9.17, 15) is 4.79 Å². The zero-order valence-corrected chi connectivity index (χ0v) is 12.9. The van der Waals surface area contributed by atoms with Gasteiger partial charge in [0.05, 0.1) is 11.6 Å². The molecule has 1 saturated carbocycles. The molecule has 20 heavy (non-hydrogen) atoms. The molecule has 0 spiro atoms. The Balaban J connectivity index is 1.82. The highest BCUT2D eigenvalue weighted by Gasteiger charge is 2.34. The molecule has 2 N–H and O–H groups in total. The van der Waals surface area contributed by atoms with Gasteiger partial charge in [0, 0.05) is 13.2 Å². The van der Waals surface area contributed by atoms with Gasteiger partial charge >= 0.3 is 0 Å². The van der Waals surface area contributed by atoms with Gasteiger partial charge in [0.15, 0.2) is 0 Å². The molecule has 116 valence electrons. The standard InChI is InChI=1S/C16H30N2O2/c1-2-12-20-16(9-5-3-6-10-16)13-18-15(19)14-8-4-7-11-17-14/h14,17H,2-13H2,1H3,(H,18,19). The van der Waals surface area contributed by atoms with Gasteiger partial charge in [-0.05, 0) is 38.6 Å². The van der Waals surface area contributed by atoms with Crippen molar-refractivity contribution >= 4 is 5.91 Å². The lowest BCUT2D eigenvalue weighted by Gasteiger charge is -2.38. The molecule has 4 heteroatoms. The Morgan fingerprint density at radius 1 is 1.25 bits per heavy atom. The lowest BCUT2D eigenvalue weighted by molar-refractivity contribution is -0.127. The predicted octanol–water partition coefficient (Wildman–Crippen LogP) is 2.37. The van der Waals surface area contributed by atoms with Crippen LogP contribution in [0.3, 0.4) is 0 Å². The molecule has 1 amide bonds. The zero-order chi connectivity index (χ0) is 14.3. The Kier molecular flexibility index (Phi) is 6.30. The molecule has 0 aromatic heterocycles. The fourth-order valence-electron chi connectivity index (χ4n) is 3.33. The van der Waals surface area contributed by atoms with E-state index in [1.807, 2.05) is 0 Å². The monoisotopic (exact) mass is 282 g/mol. The van der Waals surface area contributed by atoms with E-state index in [0.717, 1.165) is 45.3 Å². The van der Waals surface area contributed by atoms with Crippen LogP contribution in [0.1, 0.15) is 64.7 Å². The van der Waals surface area contributed by atoms with Crippen molar-refractivity contribution in [1.82, 2.24) is 10.6 Å². The largest absolute Gasteiger partial charge is 0.373 e. The number of amides is 1. The van der Waals surface area contributed by atoms with Gasteiger partial charge in [-0.1, -0.05) is 32.6 Å². The predicted molar refractivity (Wildman–Crippen MR) is 80.7 cm³/mol. The minimum Gasteiger partial charge on any atom is -0.373 e. The Morgan fingerprint density at radius 3 is 2.70 bits per heavy atom. The van der Waals surface area contributed by atoms with E-state index in [-0.39, 0.29) is 17.6 Å². The minimum absolute atomic E-state index is 0.00978. The molecule has 0 radical (unpaired) electrons. The van der Waals surface area contributed by atoms with E-state index in [2.05, 4.69) is 17.6 Å². The fraction of sp³-hybridized carbons (Fsp3) is 0.938. The summed E-state index contributed by atoms with van der Waals surface area (Å²) in [6.07, 6.45) is 10.3. The molecule has 1 aliphatic carbocycles. The Morgan fingerprint density at radius 2 is 2.05 bits per heavy atom. The van der Waals surface area contributed by atoms with Crippen molar-refractivity contribution in [1.29, 1.82) is 0 Å². The Bertz CT molecular complexity index is 295. The number of nitrogens with one attached hydrogen (secondary N) is 2. The Labute approximate surface area is 123 Å². The van der Waals surface area contributed by atoms with Crippen LogP contribution in [-0.2, 0) is 9.53 Å². The maximum atomic E-state index is 12.2. The van der Waals surface area contributed by atoms with Gasteiger partial charge < -0.3 is 15.4 Å². The summed E-state index contributed by atoms with van der Waals surface area (Å²) in [7, 11) is 0. The van der Waals surface area contributed by atoms with Gasteiger partial charge in [-0.15, -0.1) is 0 Å². The molecule has 0 aromatic rings. The van der Waals surface area contributed by atoms with E-state index in [4.69, 9.17) is 4.74 Å². The summed E-state index contributed by atoms with van der Waals surface area (Å²) in [4.78, 5) is 12.2. The van der Waals surface area contributed by atoms with Crippen LogP contribution in [-0.4, -0.2) is 37.2 Å². The number of hydrogen-bond donors (Lipinski definition) is 2. The first kappa shape index (κ1) is 15.8. The zero-order valence-electron chi connectivity index (χ0n) is 12.9. The van der Waals surface area contributed by atoms with Crippen LogP contribution in [0, 0.1) is 0 Å². The maximum absolute atomic E-state index is 12.2. The summed E-state index contributed by atoms with van der Waals surface area (Å²) in [6.45, 7) is 4.60. The lowest BCUT2D eigenvalue weighted by atomic mass is 9.84. The molecule has 2 aliphatic rings. The second-order valence-electron chi connectivity index (χ2n) is 6.31. The molecule has 0 aromatic carbocycles. The van der Waals surface area contributed by atoms with Crippen LogP contribution in [0.15, 0.2) is 0 Å². The number of ether oxygens (including phenoxy) is 1. The van der Waals surface area contributed by atoms with Crippen LogP contribution in [0.4, 0.5) is 0 Å². The number of carbonyl (C=O) groups excluding carboxylic acids is 1. The summed E-state index contributed by atoms with van der Waals surface area (Å²) in [5, 5.41) is 6.45. The highest BCUT2D eigenvalue weighted by Crippen LogP contribution is 2.31. The summed E-state index contributed by atoms with van der Waals surface area (Å²) < 4.78 is 6.12. The normalized spacial score (nSPS) is 26.1. The Hall–Kier alpha value is -0.610. The lowest BCUT2D eigenvalue weighted by Crippen LogP contribution is -2.52.